The molecular formula is C24H24FN5O4. The Hall–Kier alpha value is -3.50. The molecule has 0 saturated carbocycles. The van der Waals surface area contributed by atoms with Gasteiger partial charge in [-0.25, -0.2) is 13.9 Å². The predicted octanol–water partition coefficient (Wildman–Crippen LogP) is 2.38. The van der Waals surface area contributed by atoms with E-state index in [4.69, 9.17) is 9.47 Å². The normalized spacial score (nSPS) is 19.8. The molecule has 0 unspecified atom stereocenters. The van der Waals surface area contributed by atoms with Gasteiger partial charge in [-0.05, 0) is 24.3 Å². The molecular weight excluding hydrogens is 441 g/mol. The van der Waals surface area contributed by atoms with Gasteiger partial charge in [0.15, 0.2) is 5.79 Å². The molecule has 2 aromatic carbocycles. The summed E-state index contributed by atoms with van der Waals surface area (Å²) in [6.07, 6.45) is 2.29. The van der Waals surface area contributed by atoms with Crippen LogP contribution in [-0.2, 0) is 14.3 Å². The second-order valence-corrected chi connectivity index (χ2v) is 8.75. The molecule has 4 heterocycles. The van der Waals surface area contributed by atoms with E-state index in [9.17, 15) is 14.0 Å². The summed E-state index contributed by atoms with van der Waals surface area (Å²) in [5, 5.41) is 5.12. The summed E-state index contributed by atoms with van der Waals surface area (Å²) in [7, 11) is 0. The molecule has 3 saturated heterocycles. The summed E-state index contributed by atoms with van der Waals surface area (Å²) < 4.78 is 27.3. The predicted molar refractivity (Wildman–Crippen MR) is 121 cm³/mol. The van der Waals surface area contributed by atoms with Gasteiger partial charge in [0.2, 0.25) is 5.91 Å². The third-order valence-electron chi connectivity index (χ3n) is 6.74. The van der Waals surface area contributed by atoms with Crippen LogP contribution in [0.5, 0.6) is 0 Å². The number of fused-ring (bicyclic) bond motifs is 1. The largest absolute Gasteiger partial charge is 0.346 e. The first-order chi connectivity index (χ1) is 16.5. The van der Waals surface area contributed by atoms with Crippen LogP contribution in [0.15, 0.2) is 48.7 Å². The number of benzene rings is 2. The van der Waals surface area contributed by atoms with E-state index < -0.39 is 5.79 Å². The van der Waals surface area contributed by atoms with E-state index >= 15 is 0 Å². The minimum absolute atomic E-state index is 0.00980. The molecule has 1 aromatic heterocycles. The van der Waals surface area contributed by atoms with Crippen molar-refractivity contribution < 1.29 is 23.5 Å². The summed E-state index contributed by atoms with van der Waals surface area (Å²) in [5.74, 6) is -1.17. The Balaban J connectivity index is 1.20. The maximum absolute atomic E-state index is 14.4. The Labute approximate surface area is 195 Å². The van der Waals surface area contributed by atoms with Crippen LogP contribution < -0.4 is 4.90 Å². The van der Waals surface area contributed by atoms with E-state index in [1.54, 1.807) is 39.1 Å². The van der Waals surface area contributed by atoms with Crippen LogP contribution in [0.3, 0.4) is 0 Å². The van der Waals surface area contributed by atoms with Crippen molar-refractivity contribution in [3.8, 4) is 5.69 Å². The van der Waals surface area contributed by atoms with Crippen LogP contribution in [-0.4, -0.2) is 83.2 Å². The van der Waals surface area contributed by atoms with E-state index in [1.807, 2.05) is 18.2 Å². The molecule has 0 radical (unpaired) electrons. The lowest BCUT2D eigenvalue weighted by Gasteiger charge is -2.24. The van der Waals surface area contributed by atoms with Crippen molar-refractivity contribution in [3.05, 3.63) is 54.5 Å². The summed E-state index contributed by atoms with van der Waals surface area (Å²) in [6.45, 7) is 2.93. The molecule has 0 atom stereocenters. The average Bonchev–Trinajstić information content (AvgIpc) is 3.64. The zero-order valence-corrected chi connectivity index (χ0v) is 18.5. The van der Waals surface area contributed by atoms with E-state index in [0.717, 1.165) is 5.39 Å². The van der Waals surface area contributed by atoms with Crippen molar-refractivity contribution in [2.45, 2.75) is 12.2 Å². The van der Waals surface area contributed by atoms with Crippen LogP contribution in [0, 0.1) is 5.82 Å². The summed E-state index contributed by atoms with van der Waals surface area (Å²) in [4.78, 5) is 31.0. The molecule has 34 heavy (non-hydrogen) atoms. The Morgan fingerprint density at radius 1 is 1.03 bits per heavy atom. The number of ether oxygens (including phenoxy) is 2. The number of para-hydroxylation sites is 1. The maximum atomic E-state index is 14.4. The zero-order valence-electron chi connectivity index (χ0n) is 18.5. The molecule has 1 spiro atoms. The summed E-state index contributed by atoms with van der Waals surface area (Å²) >= 11 is 0. The number of hydrogen-bond acceptors (Lipinski definition) is 5. The first-order valence-corrected chi connectivity index (χ1v) is 11.4. The minimum Gasteiger partial charge on any atom is -0.346 e. The number of aromatic nitrogens is 2. The lowest BCUT2D eigenvalue weighted by atomic mass is 10.2. The van der Waals surface area contributed by atoms with Gasteiger partial charge in [0, 0.05) is 31.4 Å². The number of nitrogens with zero attached hydrogens (tertiary/aromatic N) is 5. The smallest absolute Gasteiger partial charge is 0.325 e. The first kappa shape index (κ1) is 21.1. The number of urea groups is 1. The quantitative estimate of drug-likeness (QED) is 0.591. The van der Waals surface area contributed by atoms with Crippen molar-refractivity contribution in [2.75, 3.05) is 50.8 Å². The monoisotopic (exact) mass is 465 g/mol. The Bertz CT molecular complexity index is 1270. The molecule has 10 heteroatoms. The third kappa shape index (κ3) is 3.41. The van der Waals surface area contributed by atoms with Crippen molar-refractivity contribution in [1.29, 1.82) is 0 Å². The van der Waals surface area contributed by atoms with Gasteiger partial charge in [0.1, 0.15) is 18.0 Å². The molecule has 6 rings (SSSR count). The molecule has 3 aliphatic rings. The standard InChI is InChI=1S/C24H24FN5O4/c25-18-4-1-2-5-21(18)30-20-7-3-6-19(17(20)14-26-30)29-11-10-27(23(29)32)15-22(31)28-9-8-24(16-28)33-12-13-34-24/h1-7,14H,8-13,15-16H2. The fourth-order valence-electron chi connectivity index (χ4n) is 5.00. The highest BCUT2D eigenvalue weighted by Crippen LogP contribution is 2.32. The Kier molecular flexibility index (Phi) is 5.00. The van der Waals surface area contributed by atoms with Gasteiger partial charge in [0.05, 0.1) is 37.2 Å². The lowest BCUT2D eigenvalue weighted by Crippen LogP contribution is -2.43. The number of carbonyl (C=O) groups excluding carboxylic acids is 2. The molecule has 0 bridgehead atoms. The molecule has 0 N–H and O–H groups in total. The molecule has 3 aliphatic heterocycles. The van der Waals surface area contributed by atoms with Gasteiger partial charge in [-0.2, -0.15) is 5.10 Å². The zero-order chi connectivity index (χ0) is 23.3. The van der Waals surface area contributed by atoms with E-state index in [0.29, 0.717) is 62.7 Å². The fraction of sp³-hybridized carbons (Fsp3) is 0.375. The third-order valence-corrected chi connectivity index (χ3v) is 6.74. The van der Waals surface area contributed by atoms with Crippen molar-refractivity contribution in [2.24, 2.45) is 0 Å². The number of anilines is 1. The second-order valence-electron chi connectivity index (χ2n) is 8.75. The Morgan fingerprint density at radius 3 is 2.65 bits per heavy atom. The number of halogens is 1. The SMILES string of the molecule is O=C(CN1CCN(c2cccc3c2cnn3-c2ccccc2F)C1=O)N1CCC2(C1)OCCO2. The van der Waals surface area contributed by atoms with Gasteiger partial charge in [0.25, 0.3) is 0 Å². The molecule has 176 valence electrons. The van der Waals surface area contributed by atoms with E-state index in [-0.39, 0.29) is 24.3 Å². The number of hydrogen-bond donors (Lipinski definition) is 0. The van der Waals surface area contributed by atoms with Gasteiger partial charge in [-0.15, -0.1) is 0 Å². The van der Waals surface area contributed by atoms with Crippen molar-refractivity contribution >= 4 is 28.5 Å². The number of likely N-dealkylation sites (tertiary alicyclic amines) is 1. The van der Waals surface area contributed by atoms with E-state index in [2.05, 4.69) is 5.10 Å². The molecule has 3 fully saturated rings. The van der Waals surface area contributed by atoms with Gasteiger partial charge in [-0.3, -0.25) is 9.69 Å². The highest BCUT2D eigenvalue weighted by Gasteiger charge is 2.45. The van der Waals surface area contributed by atoms with Crippen molar-refractivity contribution in [3.63, 3.8) is 0 Å². The number of amides is 3. The summed E-state index contributed by atoms with van der Waals surface area (Å²) in [5.41, 5.74) is 1.73. The Morgan fingerprint density at radius 2 is 1.82 bits per heavy atom. The highest BCUT2D eigenvalue weighted by molar-refractivity contribution is 6.04. The average molecular weight is 465 g/mol. The van der Waals surface area contributed by atoms with Crippen LogP contribution in [0.4, 0.5) is 14.9 Å². The van der Waals surface area contributed by atoms with Gasteiger partial charge < -0.3 is 19.3 Å². The molecule has 0 aliphatic carbocycles. The fourth-order valence-corrected chi connectivity index (χ4v) is 5.00. The second kappa shape index (κ2) is 8.07. The lowest BCUT2D eigenvalue weighted by molar-refractivity contribution is -0.152. The van der Waals surface area contributed by atoms with Gasteiger partial charge in [-0.1, -0.05) is 18.2 Å². The molecule has 3 amide bonds. The van der Waals surface area contributed by atoms with Crippen LogP contribution in [0.2, 0.25) is 0 Å². The van der Waals surface area contributed by atoms with Crippen molar-refractivity contribution in [1.82, 2.24) is 19.6 Å². The maximum Gasteiger partial charge on any atom is 0.325 e. The topological polar surface area (TPSA) is 80.1 Å². The first-order valence-electron chi connectivity index (χ1n) is 11.4. The van der Waals surface area contributed by atoms with Crippen LogP contribution in [0.1, 0.15) is 6.42 Å². The van der Waals surface area contributed by atoms with Crippen LogP contribution >= 0.6 is 0 Å². The minimum atomic E-state index is -0.676. The van der Waals surface area contributed by atoms with Gasteiger partial charge >= 0.3 is 6.03 Å². The summed E-state index contributed by atoms with van der Waals surface area (Å²) in [6, 6.07) is 11.7. The van der Waals surface area contributed by atoms with E-state index in [1.165, 1.54) is 10.7 Å². The van der Waals surface area contributed by atoms with Crippen LogP contribution in [0.25, 0.3) is 16.6 Å². The number of carbonyl (C=O) groups is 2. The molecule has 3 aromatic rings. The highest BCUT2D eigenvalue weighted by atomic mass is 19.1. The number of rotatable bonds is 4. The molecule has 9 nitrogen and oxygen atoms in total.